The Balaban J connectivity index is 1.80. The standard InChI is InChI=1S/C19H24N2O2S/c1-13-18(19(23)21-11-7-6-10-16(21)14(2)22)24-17(20-13)12-15-8-4-3-5-9-15/h3-5,8-9,14,16,22H,6-7,10-12H2,1-2H3. The number of thiazole rings is 1. The Labute approximate surface area is 147 Å². The fraction of sp³-hybridized carbons (Fsp3) is 0.474. The first-order valence-electron chi connectivity index (χ1n) is 8.55. The molecule has 1 aliphatic rings. The number of hydrogen-bond acceptors (Lipinski definition) is 4. The fourth-order valence-corrected chi connectivity index (χ4v) is 4.39. The summed E-state index contributed by atoms with van der Waals surface area (Å²) in [5, 5.41) is 11.0. The van der Waals surface area contributed by atoms with E-state index in [2.05, 4.69) is 17.1 Å². The Kier molecular flexibility index (Phi) is 5.31. The Morgan fingerprint density at radius 3 is 2.83 bits per heavy atom. The van der Waals surface area contributed by atoms with E-state index in [-0.39, 0.29) is 11.9 Å². The largest absolute Gasteiger partial charge is 0.391 e. The summed E-state index contributed by atoms with van der Waals surface area (Å²) < 4.78 is 0. The number of aryl methyl sites for hydroxylation is 1. The Bertz CT molecular complexity index is 697. The highest BCUT2D eigenvalue weighted by Gasteiger charge is 2.32. The summed E-state index contributed by atoms with van der Waals surface area (Å²) in [5.41, 5.74) is 2.00. The lowest BCUT2D eigenvalue weighted by Crippen LogP contribution is -2.48. The van der Waals surface area contributed by atoms with Crippen LogP contribution in [-0.4, -0.2) is 39.6 Å². The Hall–Kier alpha value is -1.72. The van der Waals surface area contributed by atoms with Gasteiger partial charge in [0.05, 0.1) is 22.8 Å². The van der Waals surface area contributed by atoms with Gasteiger partial charge in [0.2, 0.25) is 0 Å². The first-order valence-corrected chi connectivity index (χ1v) is 9.37. The van der Waals surface area contributed by atoms with E-state index in [0.717, 1.165) is 42.9 Å². The molecule has 2 atom stereocenters. The van der Waals surface area contributed by atoms with Crippen LogP contribution in [0.1, 0.15) is 52.1 Å². The molecule has 1 saturated heterocycles. The molecule has 1 fully saturated rings. The van der Waals surface area contributed by atoms with Gasteiger partial charge in [-0.15, -0.1) is 11.3 Å². The van der Waals surface area contributed by atoms with E-state index in [0.29, 0.717) is 4.88 Å². The van der Waals surface area contributed by atoms with Gasteiger partial charge in [-0.1, -0.05) is 30.3 Å². The van der Waals surface area contributed by atoms with Gasteiger partial charge in [0.15, 0.2) is 0 Å². The number of aromatic nitrogens is 1. The predicted molar refractivity (Wildman–Crippen MR) is 96.5 cm³/mol. The van der Waals surface area contributed by atoms with Gasteiger partial charge in [0.1, 0.15) is 4.88 Å². The number of amides is 1. The number of piperidine rings is 1. The minimum absolute atomic E-state index is 0.0231. The summed E-state index contributed by atoms with van der Waals surface area (Å²) in [4.78, 5) is 20.2. The Morgan fingerprint density at radius 1 is 1.38 bits per heavy atom. The maximum Gasteiger partial charge on any atom is 0.266 e. The first-order chi connectivity index (χ1) is 11.6. The molecule has 2 aromatic rings. The van der Waals surface area contributed by atoms with Crippen LogP contribution in [0.15, 0.2) is 30.3 Å². The molecule has 0 bridgehead atoms. The van der Waals surface area contributed by atoms with Crippen molar-refractivity contribution >= 4 is 17.2 Å². The van der Waals surface area contributed by atoms with Crippen molar-refractivity contribution in [3.05, 3.63) is 51.5 Å². The maximum absolute atomic E-state index is 13.0. The van der Waals surface area contributed by atoms with Gasteiger partial charge in [-0.3, -0.25) is 4.79 Å². The highest BCUT2D eigenvalue weighted by Crippen LogP contribution is 2.27. The normalized spacial score (nSPS) is 19.3. The lowest BCUT2D eigenvalue weighted by molar-refractivity contribution is 0.0284. The van der Waals surface area contributed by atoms with Crippen molar-refractivity contribution in [2.45, 2.75) is 51.7 Å². The van der Waals surface area contributed by atoms with Crippen molar-refractivity contribution in [2.75, 3.05) is 6.54 Å². The highest BCUT2D eigenvalue weighted by atomic mass is 32.1. The smallest absolute Gasteiger partial charge is 0.266 e. The van der Waals surface area contributed by atoms with Gasteiger partial charge in [0, 0.05) is 13.0 Å². The third-order valence-electron chi connectivity index (χ3n) is 4.60. The molecule has 128 valence electrons. The number of rotatable bonds is 4. The summed E-state index contributed by atoms with van der Waals surface area (Å²) >= 11 is 1.49. The van der Waals surface area contributed by atoms with Crippen molar-refractivity contribution < 1.29 is 9.90 Å². The molecule has 2 heterocycles. The molecule has 4 nitrogen and oxygen atoms in total. The number of benzene rings is 1. The van der Waals surface area contributed by atoms with E-state index in [1.165, 1.54) is 16.9 Å². The van der Waals surface area contributed by atoms with E-state index in [1.54, 1.807) is 6.92 Å². The topological polar surface area (TPSA) is 53.4 Å². The summed E-state index contributed by atoms with van der Waals surface area (Å²) in [7, 11) is 0. The molecule has 5 heteroatoms. The second-order valence-electron chi connectivity index (χ2n) is 6.49. The van der Waals surface area contributed by atoms with Crippen molar-refractivity contribution in [3.63, 3.8) is 0 Å². The molecule has 1 aliphatic heterocycles. The summed E-state index contributed by atoms with van der Waals surface area (Å²) in [5.74, 6) is 0.0231. The lowest BCUT2D eigenvalue weighted by atomic mass is 9.98. The van der Waals surface area contributed by atoms with Crippen molar-refractivity contribution in [2.24, 2.45) is 0 Å². The van der Waals surface area contributed by atoms with Crippen LogP contribution < -0.4 is 0 Å². The predicted octanol–water partition coefficient (Wildman–Crippen LogP) is 3.42. The van der Waals surface area contributed by atoms with Gasteiger partial charge in [0.25, 0.3) is 5.91 Å². The summed E-state index contributed by atoms with van der Waals surface area (Å²) in [6, 6.07) is 10.1. The number of aliphatic hydroxyl groups excluding tert-OH is 1. The molecule has 24 heavy (non-hydrogen) atoms. The summed E-state index contributed by atoms with van der Waals surface area (Å²) in [6.45, 7) is 4.40. The van der Waals surface area contributed by atoms with Crippen molar-refractivity contribution in [1.82, 2.24) is 9.88 Å². The minimum Gasteiger partial charge on any atom is -0.391 e. The number of likely N-dealkylation sites (tertiary alicyclic amines) is 1. The second kappa shape index (κ2) is 7.45. The zero-order valence-electron chi connectivity index (χ0n) is 14.2. The number of nitrogens with zero attached hydrogens (tertiary/aromatic N) is 2. The van der Waals surface area contributed by atoms with Crippen LogP contribution in [0.25, 0.3) is 0 Å². The monoisotopic (exact) mass is 344 g/mol. The van der Waals surface area contributed by atoms with E-state index in [1.807, 2.05) is 30.0 Å². The molecule has 0 saturated carbocycles. The van der Waals surface area contributed by atoms with Crippen molar-refractivity contribution in [1.29, 1.82) is 0 Å². The minimum atomic E-state index is -0.494. The van der Waals surface area contributed by atoms with E-state index < -0.39 is 6.10 Å². The van der Waals surface area contributed by atoms with Crippen LogP contribution >= 0.6 is 11.3 Å². The Morgan fingerprint density at radius 2 is 2.12 bits per heavy atom. The zero-order chi connectivity index (χ0) is 17.1. The van der Waals surface area contributed by atoms with Crippen LogP contribution in [0.5, 0.6) is 0 Å². The van der Waals surface area contributed by atoms with Crippen LogP contribution in [0, 0.1) is 6.92 Å². The molecule has 3 rings (SSSR count). The van der Waals surface area contributed by atoms with Crippen LogP contribution in [0.3, 0.4) is 0 Å². The average Bonchev–Trinajstić information content (AvgIpc) is 2.95. The quantitative estimate of drug-likeness (QED) is 0.925. The molecule has 0 spiro atoms. The second-order valence-corrected chi connectivity index (χ2v) is 7.57. The van der Waals surface area contributed by atoms with Crippen molar-refractivity contribution in [3.8, 4) is 0 Å². The van der Waals surface area contributed by atoms with Crippen LogP contribution in [-0.2, 0) is 6.42 Å². The molecule has 0 radical (unpaired) electrons. The number of carbonyl (C=O) groups excluding carboxylic acids is 1. The lowest BCUT2D eigenvalue weighted by Gasteiger charge is -2.37. The van der Waals surface area contributed by atoms with Gasteiger partial charge in [-0.25, -0.2) is 4.98 Å². The highest BCUT2D eigenvalue weighted by molar-refractivity contribution is 7.13. The van der Waals surface area contributed by atoms with E-state index >= 15 is 0 Å². The zero-order valence-corrected chi connectivity index (χ0v) is 15.1. The maximum atomic E-state index is 13.0. The van der Waals surface area contributed by atoms with Crippen LogP contribution in [0.4, 0.5) is 0 Å². The van der Waals surface area contributed by atoms with Gasteiger partial charge in [-0.05, 0) is 38.7 Å². The van der Waals surface area contributed by atoms with Gasteiger partial charge < -0.3 is 10.0 Å². The average molecular weight is 344 g/mol. The molecule has 2 unspecified atom stereocenters. The molecular weight excluding hydrogens is 320 g/mol. The van der Waals surface area contributed by atoms with Gasteiger partial charge >= 0.3 is 0 Å². The van der Waals surface area contributed by atoms with E-state index in [4.69, 9.17) is 0 Å². The summed E-state index contributed by atoms with van der Waals surface area (Å²) in [6.07, 6.45) is 3.20. The molecule has 0 aliphatic carbocycles. The SMILES string of the molecule is Cc1nc(Cc2ccccc2)sc1C(=O)N1CCCCC1C(C)O. The number of carbonyl (C=O) groups is 1. The molecule has 1 aromatic carbocycles. The number of aliphatic hydroxyl groups is 1. The molecule has 1 N–H and O–H groups in total. The number of hydrogen-bond donors (Lipinski definition) is 1. The molecule has 1 amide bonds. The fourth-order valence-electron chi connectivity index (χ4n) is 3.34. The first kappa shape index (κ1) is 17.1. The molecule has 1 aromatic heterocycles. The van der Waals surface area contributed by atoms with Crippen LogP contribution in [0.2, 0.25) is 0 Å². The van der Waals surface area contributed by atoms with Gasteiger partial charge in [-0.2, -0.15) is 0 Å². The third-order valence-corrected chi connectivity index (χ3v) is 5.75. The van der Waals surface area contributed by atoms with E-state index in [9.17, 15) is 9.90 Å². The third kappa shape index (κ3) is 3.68. The molecular formula is C19H24N2O2S.